The third kappa shape index (κ3) is 1.23. The van der Waals surface area contributed by atoms with Crippen LogP contribution in [-0.2, 0) is 24.7 Å². The maximum Gasteiger partial charge on any atom is 0.221 e. The lowest BCUT2D eigenvalue weighted by molar-refractivity contribution is -0.121. The molecule has 2 aromatic rings. The summed E-state index contributed by atoms with van der Waals surface area (Å²) in [5, 5.41) is 0. The maximum absolute atomic E-state index is 11.2. The average Bonchev–Trinajstić information content (AvgIpc) is 2.80. The van der Waals surface area contributed by atoms with E-state index in [-0.39, 0.29) is 11.8 Å². The molecule has 0 saturated heterocycles. The number of aromatic nitrogens is 2. The van der Waals surface area contributed by atoms with Crippen LogP contribution in [0.5, 0.6) is 0 Å². The van der Waals surface area contributed by atoms with Gasteiger partial charge in [0.05, 0.1) is 17.4 Å². The Morgan fingerprint density at radius 3 is 2.81 bits per heavy atom. The summed E-state index contributed by atoms with van der Waals surface area (Å²) in [6.45, 7) is 0. The molecule has 0 saturated carbocycles. The van der Waals surface area contributed by atoms with Crippen molar-refractivity contribution in [2.24, 2.45) is 18.7 Å². The van der Waals surface area contributed by atoms with Crippen LogP contribution in [-0.4, -0.2) is 15.5 Å². The van der Waals surface area contributed by atoms with Crippen molar-refractivity contribution in [1.82, 2.24) is 9.55 Å². The largest absolute Gasteiger partial charge is 0.369 e. The van der Waals surface area contributed by atoms with Crippen molar-refractivity contribution in [2.75, 3.05) is 0 Å². The van der Waals surface area contributed by atoms with E-state index in [4.69, 9.17) is 5.73 Å². The fourth-order valence-corrected chi connectivity index (χ4v) is 2.44. The molecule has 0 radical (unpaired) electrons. The minimum absolute atomic E-state index is 0.0354. The number of nitrogens with zero attached hydrogens (tertiary/aromatic N) is 2. The molecular weight excluding hydrogens is 202 g/mol. The van der Waals surface area contributed by atoms with E-state index in [1.54, 1.807) is 0 Å². The molecule has 1 aromatic carbocycles. The zero-order valence-corrected chi connectivity index (χ0v) is 9.10. The molecule has 1 aliphatic rings. The SMILES string of the molecule is Cn1cnc2cc3c(cc21)CC(C(N)=O)C3. The van der Waals surface area contributed by atoms with Gasteiger partial charge in [0.15, 0.2) is 0 Å². The molecule has 4 heteroatoms. The van der Waals surface area contributed by atoms with E-state index in [9.17, 15) is 4.79 Å². The molecule has 3 rings (SSSR count). The van der Waals surface area contributed by atoms with Gasteiger partial charge < -0.3 is 10.3 Å². The number of carbonyl (C=O) groups excluding carboxylic acids is 1. The van der Waals surface area contributed by atoms with Crippen molar-refractivity contribution in [3.05, 3.63) is 29.6 Å². The van der Waals surface area contributed by atoms with Crippen LogP contribution >= 0.6 is 0 Å². The number of fused-ring (bicyclic) bond motifs is 2. The highest BCUT2D eigenvalue weighted by atomic mass is 16.1. The molecule has 82 valence electrons. The van der Waals surface area contributed by atoms with Crippen molar-refractivity contribution in [3.8, 4) is 0 Å². The highest BCUT2D eigenvalue weighted by Crippen LogP contribution is 2.29. The Morgan fingerprint density at radius 2 is 2.12 bits per heavy atom. The molecule has 16 heavy (non-hydrogen) atoms. The second-order valence-corrected chi connectivity index (χ2v) is 4.47. The third-order valence-corrected chi connectivity index (χ3v) is 3.38. The fourth-order valence-electron chi connectivity index (χ4n) is 2.44. The van der Waals surface area contributed by atoms with Gasteiger partial charge in [-0.15, -0.1) is 0 Å². The Hall–Kier alpha value is -1.84. The minimum Gasteiger partial charge on any atom is -0.369 e. The zero-order chi connectivity index (χ0) is 11.3. The van der Waals surface area contributed by atoms with Crippen LogP contribution in [0.4, 0.5) is 0 Å². The number of imidazole rings is 1. The molecule has 1 atom stereocenters. The number of rotatable bonds is 1. The number of primary amides is 1. The van der Waals surface area contributed by atoms with Crippen molar-refractivity contribution >= 4 is 16.9 Å². The van der Waals surface area contributed by atoms with Gasteiger partial charge in [-0.3, -0.25) is 4.79 Å². The molecule has 0 spiro atoms. The van der Waals surface area contributed by atoms with E-state index in [2.05, 4.69) is 17.1 Å². The number of amides is 1. The topological polar surface area (TPSA) is 60.9 Å². The molecule has 0 bridgehead atoms. The first-order valence-electron chi connectivity index (χ1n) is 5.37. The van der Waals surface area contributed by atoms with Crippen LogP contribution in [0, 0.1) is 5.92 Å². The number of carbonyl (C=O) groups is 1. The molecule has 4 nitrogen and oxygen atoms in total. The van der Waals surface area contributed by atoms with E-state index in [0.29, 0.717) is 0 Å². The lowest BCUT2D eigenvalue weighted by Gasteiger charge is -2.00. The second kappa shape index (κ2) is 3.07. The number of nitrogens with two attached hydrogens (primary N) is 1. The molecule has 1 amide bonds. The van der Waals surface area contributed by atoms with E-state index in [1.807, 2.05) is 17.9 Å². The maximum atomic E-state index is 11.2. The molecule has 1 unspecified atom stereocenters. The predicted octanol–water partition coefficient (Wildman–Crippen LogP) is 0.773. The molecular formula is C12H13N3O. The number of hydrogen-bond acceptors (Lipinski definition) is 2. The van der Waals surface area contributed by atoms with E-state index in [1.165, 1.54) is 11.1 Å². The Bertz CT molecular complexity index is 585. The number of benzene rings is 1. The summed E-state index contributed by atoms with van der Waals surface area (Å²) in [5.74, 6) is -0.236. The van der Waals surface area contributed by atoms with E-state index < -0.39 is 0 Å². The average molecular weight is 215 g/mol. The van der Waals surface area contributed by atoms with Gasteiger partial charge in [-0.05, 0) is 36.1 Å². The summed E-state index contributed by atoms with van der Waals surface area (Å²) in [7, 11) is 1.97. The summed E-state index contributed by atoms with van der Waals surface area (Å²) in [4.78, 5) is 15.5. The molecule has 1 aliphatic carbocycles. The predicted molar refractivity (Wildman–Crippen MR) is 60.8 cm³/mol. The molecule has 2 N–H and O–H groups in total. The van der Waals surface area contributed by atoms with Gasteiger partial charge in [-0.2, -0.15) is 0 Å². The van der Waals surface area contributed by atoms with E-state index >= 15 is 0 Å². The minimum atomic E-state index is -0.201. The van der Waals surface area contributed by atoms with Gasteiger partial charge in [0.1, 0.15) is 0 Å². The Labute approximate surface area is 93.1 Å². The van der Waals surface area contributed by atoms with Crippen LogP contribution in [0.3, 0.4) is 0 Å². The van der Waals surface area contributed by atoms with E-state index in [0.717, 1.165) is 23.9 Å². The molecule has 1 aromatic heterocycles. The Balaban J connectivity index is 2.12. The zero-order valence-electron chi connectivity index (χ0n) is 9.10. The van der Waals surface area contributed by atoms with Crippen LogP contribution in [0.15, 0.2) is 18.5 Å². The summed E-state index contributed by atoms with van der Waals surface area (Å²) in [6.07, 6.45) is 3.34. The molecule has 1 heterocycles. The van der Waals surface area contributed by atoms with Crippen molar-refractivity contribution in [1.29, 1.82) is 0 Å². The quantitative estimate of drug-likeness (QED) is 0.764. The summed E-state index contributed by atoms with van der Waals surface area (Å²) >= 11 is 0. The lowest BCUT2D eigenvalue weighted by atomic mass is 10.1. The highest BCUT2D eigenvalue weighted by molar-refractivity contribution is 5.81. The number of hydrogen-bond donors (Lipinski definition) is 1. The van der Waals surface area contributed by atoms with Gasteiger partial charge in [0.25, 0.3) is 0 Å². The monoisotopic (exact) mass is 215 g/mol. The van der Waals surface area contributed by atoms with Crippen LogP contribution in [0.2, 0.25) is 0 Å². The molecule has 0 aliphatic heterocycles. The first kappa shape index (κ1) is 9.39. The van der Waals surface area contributed by atoms with Crippen molar-refractivity contribution in [2.45, 2.75) is 12.8 Å². The second-order valence-electron chi connectivity index (χ2n) is 4.47. The first-order valence-corrected chi connectivity index (χ1v) is 5.37. The first-order chi connectivity index (χ1) is 7.65. The van der Waals surface area contributed by atoms with Crippen LogP contribution in [0.1, 0.15) is 11.1 Å². The van der Waals surface area contributed by atoms with Gasteiger partial charge >= 0.3 is 0 Å². The van der Waals surface area contributed by atoms with Gasteiger partial charge in [-0.25, -0.2) is 4.98 Å². The summed E-state index contributed by atoms with van der Waals surface area (Å²) < 4.78 is 1.99. The highest BCUT2D eigenvalue weighted by Gasteiger charge is 2.26. The summed E-state index contributed by atoms with van der Waals surface area (Å²) in [6, 6.07) is 4.20. The molecule has 0 fully saturated rings. The smallest absolute Gasteiger partial charge is 0.221 e. The van der Waals surface area contributed by atoms with Crippen LogP contribution < -0.4 is 5.73 Å². The van der Waals surface area contributed by atoms with Crippen molar-refractivity contribution in [3.63, 3.8) is 0 Å². The van der Waals surface area contributed by atoms with Gasteiger partial charge in [-0.1, -0.05) is 0 Å². The fraction of sp³-hybridized carbons (Fsp3) is 0.333. The number of aryl methyl sites for hydroxylation is 1. The van der Waals surface area contributed by atoms with Gasteiger partial charge in [0, 0.05) is 13.0 Å². The standard InChI is InChI=1S/C12H13N3O/c1-15-6-14-10-4-7-2-9(12(13)16)3-8(7)5-11(10)15/h4-6,9H,2-3H2,1H3,(H2,13,16). The summed E-state index contributed by atoms with van der Waals surface area (Å²) in [5.41, 5.74) is 9.91. The Kier molecular flexibility index (Phi) is 1.80. The third-order valence-electron chi connectivity index (χ3n) is 3.38. The van der Waals surface area contributed by atoms with Gasteiger partial charge in [0.2, 0.25) is 5.91 Å². The van der Waals surface area contributed by atoms with Crippen molar-refractivity contribution < 1.29 is 4.79 Å². The van der Waals surface area contributed by atoms with Crippen LogP contribution in [0.25, 0.3) is 11.0 Å². The lowest BCUT2D eigenvalue weighted by Crippen LogP contribution is -2.23. The Morgan fingerprint density at radius 1 is 1.44 bits per heavy atom. The normalized spacial score (nSPS) is 18.9.